The molecule has 3 aromatic carbocycles. The lowest BCUT2D eigenvalue weighted by molar-refractivity contribution is -0.191. The Balaban J connectivity index is 0.996. The number of benzene rings is 3. The van der Waals surface area contributed by atoms with Gasteiger partial charge in [0.15, 0.2) is 35.0 Å². The van der Waals surface area contributed by atoms with Crippen molar-refractivity contribution in [1.82, 2.24) is 24.8 Å². The van der Waals surface area contributed by atoms with Crippen molar-refractivity contribution in [2.45, 2.75) is 50.0 Å². The summed E-state index contributed by atoms with van der Waals surface area (Å²) in [5.41, 5.74) is 9.02. The fraction of sp³-hybridized carbons (Fsp3) is 0.257. The number of nitrogens with zero attached hydrogens (tertiary/aromatic N) is 4. The second-order valence-electron chi connectivity index (χ2n) is 12.0. The number of carbonyl (C=O) groups is 1. The van der Waals surface area contributed by atoms with E-state index in [1.54, 1.807) is 29.1 Å². The molecule has 2 saturated heterocycles. The van der Waals surface area contributed by atoms with Crippen LogP contribution in [0.5, 0.6) is 11.5 Å². The molecule has 0 aliphatic carbocycles. The van der Waals surface area contributed by atoms with Gasteiger partial charge in [0.05, 0.1) is 11.9 Å². The number of ether oxygens (including phenoxy) is 5. The first-order valence-corrected chi connectivity index (χ1v) is 15.3. The van der Waals surface area contributed by atoms with E-state index >= 15 is 0 Å². The Hall–Kier alpha value is -5.30. The number of aromatic nitrogens is 4. The first-order valence-electron chi connectivity index (χ1n) is 15.3. The zero-order chi connectivity index (χ0) is 32.2. The number of nitrogens with one attached hydrogen (secondary N) is 1. The Labute approximate surface area is 270 Å². The van der Waals surface area contributed by atoms with Crippen molar-refractivity contribution in [1.29, 1.82) is 0 Å². The van der Waals surface area contributed by atoms with Crippen molar-refractivity contribution in [2.24, 2.45) is 0 Å². The van der Waals surface area contributed by atoms with E-state index in [1.165, 1.54) is 6.33 Å². The number of hydrogen-bond donors (Lipinski definition) is 2. The molecule has 5 heterocycles. The van der Waals surface area contributed by atoms with Crippen LogP contribution in [0.25, 0.3) is 11.2 Å². The summed E-state index contributed by atoms with van der Waals surface area (Å²) < 4.78 is 33.8. The Morgan fingerprint density at radius 2 is 1.64 bits per heavy atom. The first-order chi connectivity index (χ1) is 22.8. The molecule has 1 unspecified atom stereocenters. The quantitative estimate of drug-likeness (QED) is 0.246. The highest BCUT2D eigenvalue weighted by Gasteiger charge is 2.55. The number of carbonyl (C=O) groups excluding carboxylic acids is 1. The molecule has 12 nitrogen and oxygen atoms in total. The molecule has 3 N–H and O–H groups in total. The summed E-state index contributed by atoms with van der Waals surface area (Å²) in [4.78, 5) is 26.3. The molecule has 4 atom stereocenters. The zero-order valence-electron chi connectivity index (χ0n) is 25.6. The number of anilines is 1. The summed E-state index contributed by atoms with van der Waals surface area (Å²) in [6.07, 6.45) is 4.86. The van der Waals surface area contributed by atoms with E-state index in [9.17, 15) is 4.79 Å². The summed E-state index contributed by atoms with van der Waals surface area (Å²) in [7, 11) is 0. The van der Waals surface area contributed by atoms with E-state index in [0.29, 0.717) is 28.2 Å². The maximum absolute atomic E-state index is 13.5. The van der Waals surface area contributed by atoms with Crippen molar-refractivity contribution in [3.05, 3.63) is 120 Å². The molecule has 47 heavy (non-hydrogen) atoms. The maximum atomic E-state index is 13.5. The predicted molar refractivity (Wildman–Crippen MR) is 170 cm³/mol. The molecule has 0 bridgehead atoms. The van der Waals surface area contributed by atoms with Crippen molar-refractivity contribution in [3.8, 4) is 11.5 Å². The average molecular weight is 633 g/mol. The molecular weight excluding hydrogens is 600 g/mol. The number of imidazole rings is 1. The third kappa shape index (κ3) is 4.97. The molecular formula is C35H32N6O6. The van der Waals surface area contributed by atoms with Gasteiger partial charge in [0, 0.05) is 17.7 Å². The summed E-state index contributed by atoms with van der Waals surface area (Å²) in [5, 5.41) is 2.97. The van der Waals surface area contributed by atoms with Gasteiger partial charge >= 0.3 is 5.79 Å². The van der Waals surface area contributed by atoms with Crippen molar-refractivity contribution in [2.75, 3.05) is 12.3 Å². The normalized spacial score (nSPS) is 23.7. The third-order valence-electron chi connectivity index (χ3n) is 8.46. The minimum Gasteiger partial charge on any atom is -0.440 e. The molecule has 238 valence electrons. The molecule has 1 amide bonds. The number of nitrogens with two attached hydrogens (primary N) is 1. The van der Waals surface area contributed by atoms with Gasteiger partial charge in [0.2, 0.25) is 0 Å². The van der Waals surface area contributed by atoms with Gasteiger partial charge in [0.1, 0.15) is 30.2 Å². The lowest BCUT2D eigenvalue weighted by atomic mass is 9.97. The molecule has 3 aliphatic rings. The smallest absolute Gasteiger partial charge is 0.305 e. The minimum atomic E-state index is -1.23. The average Bonchev–Trinajstić information content (AvgIpc) is 3.84. The van der Waals surface area contributed by atoms with E-state index in [0.717, 1.165) is 11.1 Å². The van der Waals surface area contributed by atoms with E-state index in [-0.39, 0.29) is 18.3 Å². The molecule has 12 heteroatoms. The standard InChI is InChI=1S/C35H32N6O6/c1-34(2)45-28-24(43-33(29(28)46-34)41-20-40-26-30(36)38-19-39-31(26)41)17-10-18-37-32(42)23-15-9-16-25-27(23)47-35(44-25,21-11-5-3-6-12-21)22-13-7-4-8-14-22/h3-17,19-20,24,28-29,33H,18H2,1-2H3,(H,37,42)(H2,36,38,39)/t24-,28?,29+,33-/m1/s1. The summed E-state index contributed by atoms with van der Waals surface area (Å²) >= 11 is 0. The molecule has 3 aliphatic heterocycles. The summed E-state index contributed by atoms with van der Waals surface area (Å²) in [6.45, 7) is 3.96. The Bertz CT molecular complexity index is 1940. The van der Waals surface area contributed by atoms with Crippen LogP contribution in [0.4, 0.5) is 5.82 Å². The number of hydrogen-bond acceptors (Lipinski definition) is 10. The Morgan fingerprint density at radius 1 is 0.915 bits per heavy atom. The van der Waals surface area contributed by atoms with Crippen molar-refractivity contribution < 1.29 is 28.5 Å². The number of rotatable bonds is 7. The van der Waals surface area contributed by atoms with Gasteiger partial charge in [0.25, 0.3) is 5.91 Å². The van der Waals surface area contributed by atoms with Gasteiger partial charge in [-0.05, 0) is 26.0 Å². The van der Waals surface area contributed by atoms with E-state index < -0.39 is 36.1 Å². The zero-order valence-corrected chi connectivity index (χ0v) is 25.6. The van der Waals surface area contributed by atoms with Gasteiger partial charge in [-0.2, -0.15) is 0 Å². The molecule has 0 spiro atoms. The second kappa shape index (κ2) is 11.2. The van der Waals surface area contributed by atoms with Crippen LogP contribution in [-0.2, 0) is 20.0 Å². The second-order valence-corrected chi connectivity index (χ2v) is 12.0. The van der Waals surface area contributed by atoms with Crippen LogP contribution in [0.3, 0.4) is 0 Å². The maximum Gasteiger partial charge on any atom is 0.305 e. The Morgan fingerprint density at radius 3 is 2.38 bits per heavy atom. The van der Waals surface area contributed by atoms with Crippen LogP contribution in [0.2, 0.25) is 0 Å². The van der Waals surface area contributed by atoms with Crippen LogP contribution in [0.15, 0.2) is 104 Å². The predicted octanol–water partition coefficient (Wildman–Crippen LogP) is 4.48. The fourth-order valence-electron chi connectivity index (χ4n) is 6.41. The third-order valence-corrected chi connectivity index (χ3v) is 8.46. The monoisotopic (exact) mass is 632 g/mol. The fourth-order valence-corrected chi connectivity index (χ4v) is 6.41. The minimum absolute atomic E-state index is 0.232. The van der Waals surface area contributed by atoms with Crippen LogP contribution >= 0.6 is 0 Å². The highest BCUT2D eigenvalue weighted by molar-refractivity contribution is 5.98. The van der Waals surface area contributed by atoms with Gasteiger partial charge in [-0.25, -0.2) is 15.0 Å². The summed E-state index contributed by atoms with van der Waals surface area (Å²) in [5.74, 6) is -1.21. The molecule has 0 radical (unpaired) electrons. The van der Waals surface area contributed by atoms with Crippen molar-refractivity contribution in [3.63, 3.8) is 0 Å². The molecule has 2 aromatic heterocycles. The molecule has 5 aromatic rings. The van der Waals surface area contributed by atoms with Gasteiger partial charge < -0.3 is 34.7 Å². The van der Waals surface area contributed by atoms with Gasteiger partial charge in [-0.3, -0.25) is 9.36 Å². The van der Waals surface area contributed by atoms with Crippen molar-refractivity contribution >= 4 is 22.9 Å². The van der Waals surface area contributed by atoms with Crippen LogP contribution in [0.1, 0.15) is 41.6 Å². The van der Waals surface area contributed by atoms with Gasteiger partial charge in [-0.15, -0.1) is 0 Å². The molecule has 0 saturated carbocycles. The van der Waals surface area contributed by atoms with Crippen LogP contribution in [0, 0.1) is 0 Å². The van der Waals surface area contributed by atoms with Crippen LogP contribution < -0.4 is 20.5 Å². The van der Waals surface area contributed by atoms with E-state index in [1.807, 2.05) is 86.7 Å². The van der Waals surface area contributed by atoms with Crippen LogP contribution in [-0.4, -0.2) is 56.1 Å². The first kappa shape index (κ1) is 29.1. The number of para-hydroxylation sites is 1. The summed E-state index contributed by atoms with van der Waals surface area (Å²) in [6, 6.07) is 24.7. The molecule has 8 rings (SSSR count). The van der Waals surface area contributed by atoms with E-state index in [2.05, 4.69) is 20.3 Å². The highest BCUT2D eigenvalue weighted by Crippen LogP contribution is 2.49. The highest BCUT2D eigenvalue weighted by atomic mass is 16.8. The number of fused-ring (bicyclic) bond motifs is 3. The Kier molecular flexibility index (Phi) is 6.94. The SMILES string of the molecule is CC1(C)OC2[C@@H](C=CCNC(=O)c3cccc4c3OC(c3ccccc3)(c3ccccc3)O4)O[C@@H](n3cnc4c(N)ncnc43)[C@H]2O1. The number of amides is 1. The molecule has 2 fully saturated rings. The largest absolute Gasteiger partial charge is 0.440 e. The van der Waals surface area contributed by atoms with Gasteiger partial charge in [-0.1, -0.05) is 78.9 Å². The number of nitrogen functional groups attached to an aromatic ring is 1. The lowest BCUT2D eigenvalue weighted by Crippen LogP contribution is -2.37. The lowest BCUT2D eigenvalue weighted by Gasteiger charge is -2.28. The van der Waals surface area contributed by atoms with E-state index in [4.69, 9.17) is 29.4 Å². The topological polar surface area (TPSA) is 145 Å².